The Morgan fingerprint density at radius 2 is 1.35 bits per heavy atom. The van der Waals surface area contributed by atoms with Gasteiger partial charge in [0.2, 0.25) is 0 Å². The number of allylic oxidation sites excluding steroid dienone is 8. The Hall–Kier alpha value is -1.70. The van der Waals surface area contributed by atoms with Gasteiger partial charge in [0.15, 0.2) is 5.76 Å². The van der Waals surface area contributed by atoms with Gasteiger partial charge in [0.1, 0.15) is 6.26 Å². The van der Waals surface area contributed by atoms with Gasteiger partial charge in [-0.25, -0.2) is 0 Å². The molecular formula is C21H34O2. The fourth-order valence-corrected chi connectivity index (χ4v) is 2.14. The van der Waals surface area contributed by atoms with Crippen molar-refractivity contribution in [1.29, 1.82) is 0 Å². The van der Waals surface area contributed by atoms with Crippen LogP contribution < -0.4 is 0 Å². The first-order chi connectivity index (χ1) is 11.3. The van der Waals surface area contributed by atoms with Crippen LogP contribution in [0.2, 0.25) is 0 Å². The van der Waals surface area contributed by atoms with Crippen LogP contribution in [0, 0.1) is 0 Å². The lowest BCUT2D eigenvalue weighted by molar-refractivity contribution is 0.286. The smallest absolute Gasteiger partial charge is 0.152 e. The van der Waals surface area contributed by atoms with Gasteiger partial charge in [0, 0.05) is 0 Å². The lowest BCUT2D eigenvalue weighted by atomic mass is 10.1. The first-order valence-electron chi connectivity index (χ1n) is 8.90. The molecule has 0 saturated heterocycles. The number of aliphatic hydroxyl groups excluding tert-OH is 1. The second-order valence-corrected chi connectivity index (χ2v) is 5.56. The van der Waals surface area contributed by atoms with Crippen molar-refractivity contribution in [3.05, 3.63) is 60.6 Å². The number of hydrogen-bond donors (Lipinski definition) is 1. The average molecular weight is 319 g/mol. The summed E-state index contributed by atoms with van der Waals surface area (Å²) in [5.41, 5.74) is 0. The molecule has 0 heterocycles. The van der Waals surface area contributed by atoms with Gasteiger partial charge < -0.3 is 9.84 Å². The predicted molar refractivity (Wildman–Crippen MR) is 102 cm³/mol. The zero-order valence-electron chi connectivity index (χ0n) is 14.9. The van der Waals surface area contributed by atoms with Gasteiger partial charge in [-0.2, -0.15) is 0 Å². The van der Waals surface area contributed by atoms with Crippen LogP contribution in [-0.2, 0) is 4.74 Å². The summed E-state index contributed by atoms with van der Waals surface area (Å²) < 4.78 is 4.88. The Kier molecular flexibility index (Phi) is 17.0. The Balaban J connectivity index is 3.52. The molecule has 0 unspecified atom stereocenters. The molecular weight excluding hydrogens is 284 g/mol. The molecule has 1 N–H and O–H groups in total. The summed E-state index contributed by atoms with van der Waals surface area (Å²) in [5.74, 6) is 0.434. The Morgan fingerprint density at radius 1 is 0.783 bits per heavy atom. The van der Waals surface area contributed by atoms with E-state index >= 15 is 0 Å². The third-order valence-electron chi connectivity index (χ3n) is 3.54. The van der Waals surface area contributed by atoms with Gasteiger partial charge in [0.05, 0.1) is 7.11 Å². The summed E-state index contributed by atoms with van der Waals surface area (Å²) in [4.78, 5) is 0. The highest BCUT2D eigenvalue weighted by Gasteiger charge is 1.90. The summed E-state index contributed by atoms with van der Waals surface area (Å²) in [6, 6.07) is 0. The topological polar surface area (TPSA) is 29.5 Å². The average Bonchev–Trinajstić information content (AvgIpc) is 2.58. The number of hydrogen-bond acceptors (Lipinski definition) is 2. The molecule has 0 atom stereocenters. The fraction of sp³-hybridized carbons (Fsp3) is 0.524. The molecule has 0 bridgehead atoms. The number of unbranched alkanes of at least 4 members (excludes halogenated alkanes) is 8. The monoisotopic (exact) mass is 318 g/mol. The lowest BCUT2D eigenvalue weighted by Crippen LogP contribution is -1.79. The highest BCUT2D eigenvalue weighted by Crippen LogP contribution is 2.09. The maximum atomic E-state index is 8.77. The molecule has 0 rings (SSSR count). The van der Waals surface area contributed by atoms with Crippen molar-refractivity contribution >= 4 is 0 Å². The van der Waals surface area contributed by atoms with Gasteiger partial charge in [-0.15, -0.1) is 0 Å². The molecule has 0 aromatic carbocycles. The van der Waals surface area contributed by atoms with E-state index in [0.29, 0.717) is 5.76 Å². The summed E-state index contributed by atoms with van der Waals surface area (Å²) in [7, 11) is 1.52. The minimum absolute atomic E-state index is 0.434. The third kappa shape index (κ3) is 16.5. The molecule has 0 aliphatic carbocycles. The first-order valence-corrected chi connectivity index (χ1v) is 8.90. The normalized spacial score (nSPS) is 13.2. The summed E-state index contributed by atoms with van der Waals surface area (Å²) >= 11 is 0. The van der Waals surface area contributed by atoms with Crippen LogP contribution in [-0.4, -0.2) is 12.2 Å². The van der Waals surface area contributed by atoms with Crippen molar-refractivity contribution in [3.63, 3.8) is 0 Å². The fourth-order valence-electron chi connectivity index (χ4n) is 2.14. The number of aliphatic hydroxyl groups is 1. The Morgan fingerprint density at radius 3 is 1.96 bits per heavy atom. The van der Waals surface area contributed by atoms with E-state index in [1.54, 1.807) is 6.08 Å². The van der Waals surface area contributed by atoms with E-state index < -0.39 is 0 Å². The quantitative estimate of drug-likeness (QED) is 0.217. The zero-order valence-corrected chi connectivity index (χ0v) is 14.9. The highest BCUT2D eigenvalue weighted by atomic mass is 16.5. The Bertz CT molecular complexity index is 387. The van der Waals surface area contributed by atoms with Crippen LogP contribution in [0.3, 0.4) is 0 Å². The van der Waals surface area contributed by atoms with Crippen LogP contribution in [0.25, 0.3) is 0 Å². The van der Waals surface area contributed by atoms with Crippen LogP contribution in [0.4, 0.5) is 0 Å². The molecule has 2 nitrogen and oxygen atoms in total. The number of ether oxygens (including phenoxy) is 1. The SMILES string of the molecule is CCCCCCCCCC/C=C/C=C/C=C/C=C/C(=C/O)OC. The standard InChI is InChI=1S/C21H34O2/c1-3-4-5-6-7-8-9-10-11-12-13-14-15-16-17-18-19-21(20-22)23-2/h12-20,22H,3-11H2,1-2H3/b13-12+,15-14+,17-16+,19-18+,21-20-. The van der Waals surface area contributed by atoms with E-state index in [4.69, 9.17) is 9.84 Å². The number of rotatable bonds is 14. The zero-order chi connectivity index (χ0) is 17.0. The largest absolute Gasteiger partial charge is 0.512 e. The summed E-state index contributed by atoms with van der Waals surface area (Å²) in [6.07, 6.45) is 28.8. The van der Waals surface area contributed by atoms with Crippen molar-refractivity contribution < 1.29 is 9.84 Å². The van der Waals surface area contributed by atoms with Crippen molar-refractivity contribution in [2.45, 2.75) is 64.7 Å². The second-order valence-electron chi connectivity index (χ2n) is 5.56. The van der Waals surface area contributed by atoms with Gasteiger partial charge in [0.25, 0.3) is 0 Å². The maximum absolute atomic E-state index is 8.77. The summed E-state index contributed by atoms with van der Waals surface area (Å²) in [6.45, 7) is 2.26. The minimum atomic E-state index is 0.434. The molecule has 2 heteroatoms. The maximum Gasteiger partial charge on any atom is 0.152 e. The first kappa shape index (κ1) is 21.3. The van der Waals surface area contributed by atoms with E-state index in [-0.39, 0.29) is 0 Å². The van der Waals surface area contributed by atoms with Crippen LogP contribution in [0.15, 0.2) is 60.6 Å². The van der Waals surface area contributed by atoms with E-state index in [1.165, 1.54) is 64.9 Å². The molecule has 0 aliphatic rings. The van der Waals surface area contributed by atoms with E-state index in [9.17, 15) is 0 Å². The molecule has 0 saturated carbocycles. The lowest BCUT2D eigenvalue weighted by Gasteiger charge is -1.99. The molecule has 0 aromatic rings. The highest BCUT2D eigenvalue weighted by molar-refractivity contribution is 5.19. The molecule has 0 spiro atoms. The van der Waals surface area contributed by atoms with E-state index in [0.717, 1.165) is 6.26 Å². The molecule has 0 fully saturated rings. The van der Waals surface area contributed by atoms with Crippen LogP contribution >= 0.6 is 0 Å². The van der Waals surface area contributed by atoms with Crippen LogP contribution in [0.5, 0.6) is 0 Å². The van der Waals surface area contributed by atoms with Crippen molar-refractivity contribution in [2.75, 3.05) is 7.11 Å². The van der Waals surface area contributed by atoms with E-state index in [2.05, 4.69) is 19.1 Å². The predicted octanol–water partition coefficient (Wildman–Crippen LogP) is 6.79. The van der Waals surface area contributed by atoms with Crippen molar-refractivity contribution in [2.24, 2.45) is 0 Å². The molecule has 130 valence electrons. The van der Waals surface area contributed by atoms with Gasteiger partial charge in [-0.3, -0.25) is 0 Å². The molecule has 0 amide bonds. The Labute approximate surface area is 142 Å². The molecule has 0 radical (unpaired) electrons. The third-order valence-corrected chi connectivity index (χ3v) is 3.54. The van der Waals surface area contributed by atoms with Crippen molar-refractivity contribution in [1.82, 2.24) is 0 Å². The minimum Gasteiger partial charge on any atom is -0.512 e. The van der Waals surface area contributed by atoms with Crippen LogP contribution in [0.1, 0.15) is 64.7 Å². The van der Waals surface area contributed by atoms with E-state index in [1.807, 2.05) is 30.4 Å². The molecule has 0 aliphatic heterocycles. The van der Waals surface area contributed by atoms with Gasteiger partial charge in [-0.1, -0.05) is 94.4 Å². The number of methoxy groups -OCH3 is 1. The van der Waals surface area contributed by atoms with Gasteiger partial charge in [-0.05, 0) is 18.9 Å². The molecule has 0 aromatic heterocycles. The van der Waals surface area contributed by atoms with Gasteiger partial charge >= 0.3 is 0 Å². The second kappa shape index (κ2) is 18.3. The summed E-state index contributed by atoms with van der Waals surface area (Å²) in [5, 5.41) is 8.77. The van der Waals surface area contributed by atoms with Crippen molar-refractivity contribution in [3.8, 4) is 0 Å². The molecule has 23 heavy (non-hydrogen) atoms.